The monoisotopic (exact) mass is 1440 g/mol. The van der Waals surface area contributed by atoms with Crippen LogP contribution in [0, 0.1) is 39.5 Å². The molecule has 9 aromatic carbocycles. The largest absolute Gasteiger partial charge is 0.339 e. The molecular formula is C101H110N8. The molecule has 2 fully saturated rings. The highest BCUT2D eigenvalue weighted by atomic mass is 15.5. The SMILES string of the molecule is CC1=C2C=CC(C)(C3CCCC3)N2C(c2ccccc2)N1c1ccccc1C.CC1=C2C=CC(C)(C3CCCCC3)N2C(c2ccccc2)N1c1ccccc1C.CC1=C2C=CC(C)(c3ccccc3)N2C(c2ccccc2)N1c1ccccc1C.[2H]C1(C)C=CC2=C(C)N(c3ccccc3C)C(c3ccccc3)N21. The van der Waals surface area contributed by atoms with Crippen LogP contribution in [0.25, 0.3) is 0 Å². The van der Waals surface area contributed by atoms with Crippen molar-refractivity contribution >= 4 is 22.7 Å². The summed E-state index contributed by atoms with van der Waals surface area (Å²) in [7, 11) is 0. The number of nitrogens with zero attached hydrogens (tertiary/aromatic N) is 8. The molecule has 0 N–H and O–H groups in total. The molecule has 8 heteroatoms. The zero-order chi connectivity index (χ0) is 76.2. The topological polar surface area (TPSA) is 25.9 Å². The molecule has 0 saturated heterocycles. The third-order valence-corrected chi connectivity index (χ3v) is 25.9. The van der Waals surface area contributed by atoms with Crippen LogP contribution in [0.1, 0.15) is 189 Å². The van der Waals surface area contributed by atoms with Gasteiger partial charge in [0, 0.05) is 51.6 Å². The Morgan fingerprint density at radius 1 is 0.303 bits per heavy atom. The number of allylic oxidation sites excluding steroid dienone is 8. The second-order valence-corrected chi connectivity index (χ2v) is 32.4. The van der Waals surface area contributed by atoms with Crippen LogP contribution in [0.3, 0.4) is 0 Å². The third-order valence-electron chi connectivity index (χ3n) is 25.9. The fourth-order valence-electron chi connectivity index (χ4n) is 20.1. The van der Waals surface area contributed by atoms with Crippen molar-refractivity contribution in [1.82, 2.24) is 19.6 Å². The Labute approximate surface area is 652 Å². The number of fused-ring (bicyclic) bond motifs is 4. The highest BCUT2D eigenvalue weighted by molar-refractivity contribution is 5.69. The molecule has 0 aromatic heterocycles. The van der Waals surface area contributed by atoms with Crippen LogP contribution in [0.2, 0.25) is 0 Å². The van der Waals surface area contributed by atoms with Gasteiger partial charge in [0.05, 0.1) is 40.8 Å². The lowest BCUT2D eigenvalue weighted by atomic mass is 9.75. The lowest BCUT2D eigenvalue weighted by Crippen LogP contribution is -2.50. The fraction of sp³-hybridized carbons (Fsp3) is 0.307. The molecule has 554 valence electrons. The molecule has 0 amide bonds. The van der Waals surface area contributed by atoms with E-state index < -0.39 is 6.02 Å². The van der Waals surface area contributed by atoms with E-state index in [-0.39, 0.29) is 41.3 Å². The number of aryl methyl sites for hydroxylation is 4. The first kappa shape index (κ1) is 71.2. The first-order valence-corrected chi connectivity index (χ1v) is 40.3. The quantitative estimate of drug-likeness (QED) is 0.126. The Balaban J connectivity index is 0.000000112. The molecule has 0 spiro atoms. The highest BCUT2D eigenvalue weighted by Gasteiger charge is 2.55. The first-order valence-electron chi connectivity index (χ1n) is 40.8. The summed E-state index contributed by atoms with van der Waals surface area (Å²) in [5, 5.41) is 0. The summed E-state index contributed by atoms with van der Waals surface area (Å²) in [6.07, 6.45) is 31.3. The molecule has 0 bridgehead atoms. The van der Waals surface area contributed by atoms with Crippen molar-refractivity contribution in [3.8, 4) is 0 Å². The lowest BCUT2D eigenvalue weighted by Gasteiger charge is -2.48. The smallest absolute Gasteiger partial charge is 0.133 e. The number of para-hydroxylation sites is 4. The zero-order valence-corrected chi connectivity index (χ0v) is 66.2. The molecule has 10 aliphatic rings. The van der Waals surface area contributed by atoms with E-state index in [9.17, 15) is 0 Å². The maximum absolute atomic E-state index is 8.77. The maximum atomic E-state index is 8.77. The molecule has 8 aliphatic heterocycles. The molecule has 8 atom stereocenters. The van der Waals surface area contributed by atoms with E-state index in [0.717, 1.165) is 17.5 Å². The van der Waals surface area contributed by atoms with Gasteiger partial charge in [0.25, 0.3) is 0 Å². The highest BCUT2D eigenvalue weighted by Crippen LogP contribution is 2.58. The van der Waals surface area contributed by atoms with Gasteiger partial charge < -0.3 is 39.2 Å². The van der Waals surface area contributed by atoms with E-state index in [1.165, 1.54) is 170 Å². The molecule has 8 nitrogen and oxygen atoms in total. The van der Waals surface area contributed by atoms with E-state index >= 15 is 0 Å². The van der Waals surface area contributed by atoms with E-state index in [1.54, 1.807) is 0 Å². The van der Waals surface area contributed by atoms with Crippen LogP contribution in [-0.4, -0.2) is 36.7 Å². The number of hydrogen-bond acceptors (Lipinski definition) is 8. The number of rotatable bonds is 11. The van der Waals surface area contributed by atoms with E-state index in [0.29, 0.717) is 0 Å². The van der Waals surface area contributed by atoms with Gasteiger partial charge in [-0.05, 0) is 219 Å². The summed E-state index contributed by atoms with van der Waals surface area (Å²) in [6.45, 7) is 27.0. The molecule has 8 unspecified atom stereocenters. The fourth-order valence-corrected chi connectivity index (χ4v) is 20.1. The Hall–Kier alpha value is -10.7. The number of anilines is 4. The van der Waals surface area contributed by atoms with Gasteiger partial charge in [-0.15, -0.1) is 0 Å². The summed E-state index contributed by atoms with van der Waals surface area (Å²) in [4.78, 5) is 20.3. The molecule has 109 heavy (non-hydrogen) atoms. The van der Waals surface area contributed by atoms with Crippen LogP contribution >= 0.6 is 0 Å². The average Bonchev–Trinajstić information content (AvgIpc) is 1.57. The van der Waals surface area contributed by atoms with Gasteiger partial charge in [0.1, 0.15) is 24.7 Å². The second-order valence-electron chi connectivity index (χ2n) is 32.4. The Bertz CT molecular complexity index is 5100. The number of benzene rings is 9. The van der Waals surface area contributed by atoms with Crippen LogP contribution in [-0.2, 0) is 5.54 Å². The predicted molar refractivity (Wildman–Crippen MR) is 455 cm³/mol. The van der Waals surface area contributed by atoms with Crippen molar-refractivity contribution in [2.24, 2.45) is 11.8 Å². The van der Waals surface area contributed by atoms with Crippen molar-refractivity contribution in [2.75, 3.05) is 19.6 Å². The van der Waals surface area contributed by atoms with Gasteiger partial charge in [-0.2, -0.15) is 0 Å². The van der Waals surface area contributed by atoms with Crippen molar-refractivity contribution in [3.05, 3.63) is 393 Å². The maximum Gasteiger partial charge on any atom is 0.133 e. The Morgan fingerprint density at radius 2 is 0.587 bits per heavy atom. The summed E-state index contributed by atoms with van der Waals surface area (Å²) in [6, 6.07) is 88.4. The molecule has 9 aromatic rings. The van der Waals surface area contributed by atoms with Gasteiger partial charge in [0.15, 0.2) is 0 Å². The predicted octanol–water partition coefficient (Wildman–Crippen LogP) is 25.1. The molecule has 19 rings (SSSR count). The van der Waals surface area contributed by atoms with Crippen LogP contribution in [0.15, 0.2) is 343 Å². The first-order chi connectivity index (χ1) is 53.3. The summed E-state index contributed by atoms with van der Waals surface area (Å²) >= 11 is 0. The van der Waals surface area contributed by atoms with Gasteiger partial charge >= 0.3 is 0 Å². The van der Waals surface area contributed by atoms with E-state index in [4.69, 9.17) is 1.37 Å². The van der Waals surface area contributed by atoms with Crippen molar-refractivity contribution in [3.63, 3.8) is 0 Å². The lowest BCUT2D eigenvalue weighted by molar-refractivity contribution is 0.0868. The van der Waals surface area contributed by atoms with Gasteiger partial charge in [-0.3, -0.25) is 0 Å². The van der Waals surface area contributed by atoms with E-state index in [1.807, 2.05) is 19.1 Å². The van der Waals surface area contributed by atoms with Crippen molar-refractivity contribution < 1.29 is 1.37 Å². The molecule has 8 heterocycles. The van der Waals surface area contributed by atoms with Gasteiger partial charge in [0.2, 0.25) is 0 Å². The summed E-state index contributed by atoms with van der Waals surface area (Å²) in [5.41, 5.74) is 27.3. The van der Waals surface area contributed by atoms with Gasteiger partial charge in [-0.1, -0.05) is 281 Å². The minimum Gasteiger partial charge on any atom is -0.339 e. The minimum atomic E-state index is -0.742. The Kier molecular flexibility index (Phi) is 19.6. The summed E-state index contributed by atoms with van der Waals surface area (Å²) < 4.78 is 8.77. The third kappa shape index (κ3) is 12.7. The molecular weight excluding hydrogens is 1330 g/mol. The molecule has 2 saturated carbocycles. The molecule has 2 aliphatic carbocycles. The average molecular weight is 1440 g/mol. The van der Waals surface area contributed by atoms with Crippen LogP contribution < -0.4 is 19.6 Å². The standard InChI is InChI=1S/C27H32N2.C27H26N2.C26H30N2.C21H22N2/c2*1-20-12-10-11-17-24(20)28-21(2)25-18-19-27(3,23-15-8-5-9-16-23)29(25)26(28)22-13-6-4-7-14-22;1-19-11-7-10-16-23(19)27-20(2)24-17-18-26(3,22-14-8-9-15-22)28(24)25(27)21-12-5-4-6-13-21;1-15-9-7-8-12-19(15)23-17(3)20-14-13-16(2)22(20)21(23)18-10-5-4-6-11-18/h4,6-7,10-14,17-19,23,26H,5,8-9,15-16H2,1-3H3;4-19,26H,1-3H3;4-7,10-13,16-18,22,25H,8-9,14-15H2,1-3H3;4-14,16,21H,1-3H3/i;;;16D. The van der Waals surface area contributed by atoms with Crippen molar-refractivity contribution in [2.45, 2.75) is 188 Å². The minimum absolute atomic E-state index is 0.000185. The van der Waals surface area contributed by atoms with Crippen molar-refractivity contribution in [1.29, 1.82) is 0 Å². The van der Waals surface area contributed by atoms with Crippen LogP contribution in [0.4, 0.5) is 22.7 Å². The normalized spacial score (nSPS) is 26.0. The zero-order valence-electron chi connectivity index (χ0n) is 67.2. The van der Waals surface area contributed by atoms with Crippen LogP contribution in [0.5, 0.6) is 0 Å². The number of hydrogen-bond donors (Lipinski definition) is 0. The summed E-state index contributed by atoms with van der Waals surface area (Å²) in [5.74, 6) is 1.46. The van der Waals surface area contributed by atoms with E-state index in [2.05, 4.69) is 401 Å². The Morgan fingerprint density at radius 3 is 0.954 bits per heavy atom. The second kappa shape index (κ2) is 30.0. The van der Waals surface area contributed by atoms with Gasteiger partial charge in [-0.25, -0.2) is 0 Å². The molecule has 0 radical (unpaired) electrons.